The molecule has 1 aliphatic heterocycles. The second-order valence-corrected chi connectivity index (χ2v) is 12.9. The van der Waals surface area contributed by atoms with Gasteiger partial charge in [-0.25, -0.2) is 4.79 Å². The van der Waals surface area contributed by atoms with Crippen molar-refractivity contribution in [2.75, 3.05) is 13.1 Å². The number of aromatic nitrogens is 4. The average Bonchev–Trinajstić information content (AvgIpc) is 3.36. The summed E-state index contributed by atoms with van der Waals surface area (Å²) >= 11 is 0. The third kappa shape index (κ3) is 4.89. The number of piperidine rings is 1. The number of carbonyl (C=O) groups excluding carboxylic acids is 1. The van der Waals surface area contributed by atoms with Gasteiger partial charge in [-0.3, -0.25) is 23.9 Å². The number of imidazole rings is 1. The van der Waals surface area contributed by atoms with Crippen molar-refractivity contribution >= 4 is 38.7 Å². The number of fused-ring (bicyclic) bond motifs is 4. The summed E-state index contributed by atoms with van der Waals surface area (Å²) in [5.74, 6) is -0.192. The monoisotopic (exact) mass is 622 g/mol. The number of pyridine rings is 2. The molecule has 234 valence electrons. The van der Waals surface area contributed by atoms with Crippen LogP contribution < -0.4 is 5.69 Å². The number of amides is 1. The van der Waals surface area contributed by atoms with Crippen LogP contribution in [0.1, 0.15) is 37.8 Å². The number of carbonyl (C=O) groups is 1. The number of nitriles is 1. The Hall–Kier alpha value is -5.59. The summed E-state index contributed by atoms with van der Waals surface area (Å²) < 4.78 is 3.29. The molecule has 47 heavy (non-hydrogen) atoms. The van der Waals surface area contributed by atoms with Crippen LogP contribution in [0.4, 0.5) is 0 Å². The maximum absolute atomic E-state index is 13.6. The van der Waals surface area contributed by atoms with Crippen LogP contribution in [-0.4, -0.2) is 48.1 Å². The van der Waals surface area contributed by atoms with Gasteiger partial charge in [-0.1, -0.05) is 43.0 Å². The third-order valence-corrected chi connectivity index (χ3v) is 9.51. The van der Waals surface area contributed by atoms with Crippen molar-refractivity contribution in [1.82, 2.24) is 24.0 Å². The SMILES string of the molecule is C=CC(=O)N1CCCC(O)(c2cccc3cc(-c4ccc5ncc6c(c5c4)n(-c4ccc(C(C)(C)C#N)cc4)c(=O)n6C)cnc23)C1. The lowest BCUT2D eigenvalue weighted by molar-refractivity contribution is -0.133. The minimum Gasteiger partial charge on any atom is -0.383 e. The molecule has 1 aliphatic rings. The largest absolute Gasteiger partial charge is 0.383 e. The Morgan fingerprint density at radius 3 is 2.60 bits per heavy atom. The van der Waals surface area contributed by atoms with Gasteiger partial charge in [-0.15, -0.1) is 0 Å². The number of β-amino-alcohol motifs (C(OH)–C–C–N with tert-alkyl or cyclic N) is 1. The molecule has 1 unspecified atom stereocenters. The van der Waals surface area contributed by atoms with Gasteiger partial charge in [-0.2, -0.15) is 5.26 Å². The maximum atomic E-state index is 13.6. The number of aliphatic hydroxyl groups is 1. The van der Waals surface area contributed by atoms with E-state index in [1.54, 1.807) is 33.5 Å². The van der Waals surface area contributed by atoms with Crippen molar-refractivity contribution < 1.29 is 9.90 Å². The molecule has 0 spiro atoms. The maximum Gasteiger partial charge on any atom is 0.333 e. The number of hydrogen-bond acceptors (Lipinski definition) is 6. The van der Waals surface area contributed by atoms with E-state index in [-0.39, 0.29) is 18.1 Å². The molecule has 7 rings (SSSR count). The van der Waals surface area contributed by atoms with Crippen LogP contribution in [0.25, 0.3) is 49.7 Å². The van der Waals surface area contributed by atoms with Gasteiger partial charge in [-0.05, 0) is 74.2 Å². The fourth-order valence-corrected chi connectivity index (χ4v) is 6.78. The van der Waals surface area contributed by atoms with Crippen molar-refractivity contribution in [2.24, 2.45) is 7.05 Å². The normalized spacial score (nSPS) is 16.9. The van der Waals surface area contributed by atoms with E-state index < -0.39 is 11.0 Å². The molecular formula is C38H34N6O3. The Morgan fingerprint density at radius 2 is 1.85 bits per heavy atom. The van der Waals surface area contributed by atoms with E-state index >= 15 is 0 Å². The average molecular weight is 623 g/mol. The van der Waals surface area contributed by atoms with Gasteiger partial charge in [0.2, 0.25) is 5.91 Å². The summed E-state index contributed by atoms with van der Waals surface area (Å²) in [6, 6.07) is 23.7. The highest BCUT2D eigenvalue weighted by Gasteiger charge is 2.37. The Kier molecular flexibility index (Phi) is 7.06. The van der Waals surface area contributed by atoms with Gasteiger partial charge in [0.15, 0.2) is 0 Å². The quantitative estimate of drug-likeness (QED) is 0.240. The van der Waals surface area contributed by atoms with Gasteiger partial charge >= 0.3 is 5.69 Å². The number of likely N-dealkylation sites (tertiary alicyclic amines) is 1. The molecule has 6 aromatic rings. The van der Waals surface area contributed by atoms with Gasteiger partial charge in [0.05, 0.1) is 52.0 Å². The second kappa shape index (κ2) is 11.0. The number of hydrogen-bond donors (Lipinski definition) is 1. The first-order valence-corrected chi connectivity index (χ1v) is 15.6. The molecule has 3 aromatic carbocycles. The molecule has 4 heterocycles. The molecule has 9 heteroatoms. The highest BCUT2D eigenvalue weighted by atomic mass is 16.3. The van der Waals surface area contributed by atoms with Crippen LogP contribution in [-0.2, 0) is 22.9 Å². The molecule has 1 amide bonds. The first-order valence-electron chi connectivity index (χ1n) is 15.6. The van der Waals surface area contributed by atoms with E-state index in [2.05, 4.69) is 17.6 Å². The van der Waals surface area contributed by atoms with Crippen molar-refractivity contribution in [3.8, 4) is 22.9 Å². The number of rotatable bonds is 5. The number of nitrogens with zero attached hydrogens (tertiary/aromatic N) is 6. The predicted molar refractivity (Wildman–Crippen MR) is 183 cm³/mol. The molecule has 0 bridgehead atoms. The van der Waals surface area contributed by atoms with E-state index in [4.69, 9.17) is 4.98 Å². The summed E-state index contributed by atoms with van der Waals surface area (Å²) in [6.45, 7) is 8.11. The first kappa shape index (κ1) is 30.1. The summed E-state index contributed by atoms with van der Waals surface area (Å²) in [7, 11) is 1.74. The minimum atomic E-state index is -1.22. The van der Waals surface area contributed by atoms with Crippen LogP contribution in [0.2, 0.25) is 0 Å². The molecule has 0 radical (unpaired) electrons. The molecular weight excluding hydrogens is 588 g/mol. The van der Waals surface area contributed by atoms with Crippen molar-refractivity contribution in [3.63, 3.8) is 0 Å². The van der Waals surface area contributed by atoms with Gasteiger partial charge in [0.1, 0.15) is 5.60 Å². The Balaban J connectivity index is 1.34. The molecule has 1 fully saturated rings. The number of para-hydroxylation sites is 1. The van der Waals surface area contributed by atoms with Crippen molar-refractivity contribution in [3.05, 3.63) is 113 Å². The molecule has 9 nitrogen and oxygen atoms in total. The van der Waals surface area contributed by atoms with Crippen molar-refractivity contribution in [1.29, 1.82) is 5.26 Å². The number of aryl methyl sites for hydroxylation is 1. The number of benzene rings is 3. The van der Waals surface area contributed by atoms with E-state index in [0.717, 1.165) is 38.5 Å². The zero-order chi connectivity index (χ0) is 33.1. The molecule has 1 N–H and O–H groups in total. The summed E-state index contributed by atoms with van der Waals surface area (Å²) in [6.07, 6.45) is 6.01. The summed E-state index contributed by atoms with van der Waals surface area (Å²) in [4.78, 5) is 37.1. The Bertz CT molecular complexity index is 2340. The highest BCUT2D eigenvalue weighted by molar-refractivity contribution is 6.05. The van der Waals surface area contributed by atoms with E-state index in [0.29, 0.717) is 41.7 Å². The fourth-order valence-electron chi connectivity index (χ4n) is 6.78. The van der Waals surface area contributed by atoms with E-state index in [1.807, 2.05) is 80.6 Å². The standard InChI is InChI=1S/C38H34N6O3/c1-5-33(45)43-17-7-16-38(47,23-43)30-9-6-8-25-18-26(20-41-34(25)30)24-10-15-31-29(19-24)35-32(21-40-31)42(4)36(46)44(35)28-13-11-27(12-14-28)37(2,3)22-39/h5-6,8-15,18-21,47H,1,7,16-17,23H2,2-4H3. The third-order valence-electron chi connectivity index (χ3n) is 9.51. The Labute approximate surface area is 271 Å². The Morgan fingerprint density at radius 1 is 1.06 bits per heavy atom. The van der Waals surface area contributed by atoms with Crippen LogP contribution in [0.3, 0.4) is 0 Å². The van der Waals surface area contributed by atoms with Gasteiger partial charge in [0.25, 0.3) is 0 Å². The molecule has 1 saturated heterocycles. The smallest absolute Gasteiger partial charge is 0.333 e. The molecule has 0 aliphatic carbocycles. The predicted octanol–water partition coefficient (Wildman–Crippen LogP) is 5.89. The van der Waals surface area contributed by atoms with Crippen LogP contribution in [0.5, 0.6) is 0 Å². The lowest BCUT2D eigenvalue weighted by Crippen LogP contribution is -2.48. The molecule has 0 saturated carbocycles. The van der Waals surface area contributed by atoms with Crippen LogP contribution in [0, 0.1) is 11.3 Å². The molecule has 1 atom stereocenters. The summed E-state index contributed by atoms with van der Waals surface area (Å²) in [5.41, 5.74) is 4.87. The lowest BCUT2D eigenvalue weighted by atomic mass is 9.84. The molecule has 3 aromatic heterocycles. The zero-order valence-corrected chi connectivity index (χ0v) is 26.6. The minimum absolute atomic E-state index is 0.186. The van der Waals surface area contributed by atoms with E-state index in [9.17, 15) is 20.0 Å². The summed E-state index contributed by atoms with van der Waals surface area (Å²) in [5, 5.41) is 23.0. The zero-order valence-electron chi connectivity index (χ0n) is 26.6. The lowest BCUT2D eigenvalue weighted by Gasteiger charge is -2.39. The highest BCUT2D eigenvalue weighted by Crippen LogP contribution is 2.37. The van der Waals surface area contributed by atoms with Gasteiger partial charge in [0, 0.05) is 41.7 Å². The van der Waals surface area contributed by atoms with E-state index in [1.165, 1.54) is 6.08 Å². The van der Waals surface area contributed by atoms with Gasteiger partial charge < -0.3 is 10.0 Å². The van der Waals surface area contributed by atoms with Crippen LogP contribution in [0.15, 0.2) is 96.6 Å². The topological polar surface area (TPSA) is 117 Å². The van der Waals surface area contributed by atoms with Crippen LogP contribution >= 0.6 is 0 Å². The second-order valence-electron chi connectivity index (χ2n) is 12.9. The van der Waals surface area contributed by atoms with Crippen molar-refractivity contribution in [2.45, 2.75) is 37.7 Å². The fraction of sp³-hybridized carbons (Fsp3) is 0.237. The first-order chi connectivity index (χ1) is 22.5.